The van der Waals surface area contributed by atoms with Gasteiger partial charge in [0, 0.05) is 27.5 Å². The maximum atomic E-state index is 12.7. The molecule has 3 N–H and O–H groups in total. The van der Waals surface area contributed by atoms with Crippen LogP contribution in [0.3, 0.4) is 0 Å². The number of fused-ring (bicyclic) bond motifs is 1. The number of carboxylic acids is 1. The summed E-state index contributed by atoms with van der Waals surface area (Å²) in [5, 5.41) is 13.1. The molecular formula is C21H13Cl2N3O5. The largest absolute Gasteiger partial charge is 0.477 e. The predicted octanol–water partition coefficient (Wildman–Crippen LogP) is 4.12. The van der Waals surface area contributed by atoms with Crippen molar-refractivity contribution in [3.05, 3.63) is 86.1 Å². The SMILES string of the molecule is O=C(NCc1cc(Cl)cc2cc(C(=O)O)c(=O)[nH]c12)c1ncoc1-c1cccc(Cl)c1. The third-order valence-electron chi connectivity index (χ3n) is 4.54. The van der Waals surface area contributed by atoms with E-state index in [9.17, 15) is 14.4 Å². The van der Waals surface area contributed by atoms with Crippen LogP contribution in [0.15, 0.2) is 58.1 Å². The fraction of sp³-hybridized carbons (Fsp3) is 0.0476. The number of nitrogens with zero attached hydrogens (tertiary/aromatic N) is 1. The molecule has 0 saturated heterocycles. The minimum Gasteiger partial charge on any atom is -0.477 e. The van der Waals surface area contributed by atoms with E-state index >= 15 is 0 Å². The van der Waals surface area contributed by atoms with Crippen molar-refractivity contribution in [1.82, 2.24) is 15.3 Å². The lowest BCUT2D eigenvalue weighted by Gasteiger charge is -2.10. The molecule has 0 fully saturated rings. The predicted molar refractivity (Wildman–Crippen MR) is 115 cm³/mol. The standard InChI is InChI=1S/C21H13Cl2N3O5/c22-13-3-1-2-10(4-13)18-17(25-9-31-18)20(28)24-8-12-6-14(23)5-11-7-15(21(29)30)19(27)26-16(11)12/h1-7,9H,8H2,(H,24,28)(H,26,27)(H,29,30). The third-order valence-corrected chi connectivity index (χ3v) is 4.99. The summed E-state index contributed by atoms with van der Waals surface area (Å²) in [5.74, 6) is -1.60. The van der Waals surface area contributed by atoms with Gasteiger partial charge in [0.05, 0.1) is 5.52 Å². The fourth-order valence-electron chi connectivity index (χ4n) is 3.15. The smallest absolute Gasteiger partial charge is 0.341 e. The number of rotatable bonds is 5. The molecule has 0 radical (unpaired) electrons. The number of oxazole rings is 1. The first-order chi connectivity index (χ1) is 14.8. The molecule has 10 heteroatoms. The van der Waals surface area contributed by atoms with E-state index in [1.807, 2.05) is 0 Å². The number of carbonyl (C=O) groups is 2. The first-order valence-electron chi connectivity index (χ1n) is 8.90. The number of halogens is 2. The number of aromatic nitrogens is 2. The fourth-order valence-corrected chi connectivity index (χ4v) is 3.59. The Morgan fingerprint density at radius 3 is 2.68 bits per heavy atom. The molecule has 1 amide bonds. The summed E-state index contributed by atoms with van der Waals surface area (Å²) < 4.78 is 5.36. The van der Waals surface area contributed by atoms with Gasteiger partial charge in [-0.15, -0.1) is 0 Å². The van der Waals surface area contributed by atoms with E-state index in [1.54, 1.807) is 30.3 Å². The zero-order valence-corrected chi connectivity index (χ0v) is 17.1. The van der Waals surface area contributed by atoms with Gasteiger partial charge in [0.1, 0.15) is 5.56 Å². The Balaban J connectivity index is 1.64. The molecular weight excluding hydrogens is 445 g/mol. The van der Waals surface area contributed by atoms with Crippen molar-refractivity contribution in [2.24, 2.45) is 0 Å². The van der Waals surface area contributed by atoms with E-state index in [1.165, 1.54) is 12.1 Å². The number of carbonyl (C=O) groups excluding carboxylic acids is 1. The normalized spacial score (nSPS) is 10.9. The van der Waals surface area contributed by atoms with Gasteiger partial charge in [-0.2, -0.15) is 0 Å². The van der Waals surface area contributed by atoms with Crippen LogP contribution in [0.5, 0.6) is 0 Å². The summed E-state index contributed by atoms with van der Waals surface area (Å²) in [4.78, 5) is 42.6. The number of aromatic carboxylic acids is 1. The molecule has 8 nitrogen and oxygen atoms in total. The van der Waals surface area contributed by atoms with Crippen molar-refractivity contribution in [2.45, 2.75) is 6.54 Å². The number of aromatic amines is 1. The molecule has 0 spiro atoms. The van der Waals surface area contributed by atoms with E-state index in [-0.39, 0.29) is 18.0 Å². The lowest BCUT2D eigenvalue weighted by atomic mass is 10.1. The van der Waals surface area contributed by atoms with Gasteiger partial charge in [0.15, 0.2) is 17.8 Å². The van der Waals surface area contributed by atoms with Crippen LogP contribution in [0.25, 0.3) is 22.2 Å². The van der Waals surface area contributed by atoms with Gasteiger partial charge in [0.25, 0.3) is 11.5 Å². The zero-order chi connectivity index (χ0) is 22.1. The summed E-state index contributed by atoms with van der Waals surface area (Å²) in [6.45, 7) is 0.0000965. The summed E-state index contributed by atoms with van der Waals surface area (Å²) in [6, 6.07) is 11.1. The minimum absolute atomic E-state index is 0.0000965. The van der Waals surface area contributed by atoms with E-state index in [4.69, 9.17) is 32.7 Å². The zero-order valence-electron chi connectivity index (χ0n) is 15.6. The molecule has 0 atom stereocenters. The number of nitrogens with one attached hydrogen (secondary N) is 2. The van der Waals surface area contributed by atoms with E-state index in [0.29, 0.717) is 32.1 Å². The first kappa shape index (κ1) is 20.6. The van der Waals surface area contributed by atoms with Crippen LogP contribution in [0.2, 0.25) is 10.0 Å². The van der Waals surface area contributed by atoms with Crippen LogP contribution in [0.1, 0.15) is 26.4 Å². The van der Waals surface area contributed by atoms with E-state index in [0.717, 1.165) is 6.39 Å². The summed E-state index contributed by atoms with van der Waals surface area (Å²) in [6.07, 6.45) is 1.16. The Kier molecular flexibility index (Phi) is 5.50. The van der Waals surface area contributed by atoms with Crippen molar-refractivity contribution in [1.29, 1.82) is 0 Å². The Hall–Kier alpha value is -3.62. The molecule has 0 aliphatic rings. The summed E-state index contributed by atoms with van der Waals surface area (Å²) in [7, 11) is 0. The van der Waals surface area contributed by atoms with Crippen molar-refractivity contribution < 1.29 is 19.1 Å². The number of carboxylic acid groups (broad SMARTS) is 1. The molecule has 0 unspecified atom stereocenters. The van der Waals surface area contributed by atoms with Gasteiger partial charge in [-0.1, -0.05) is 35.3 Å². The second-order valence-corrected chi connectivity index (χ2v) is 7.44. The van der Waals surface area contributed by atoms with Crippen LogP contribution in [-0.4, -0.2) is 27.0 Å². The summed E-state index contributed by atoms with van der Waals surface area (Å²) >= 11 is 12.1. The molecule has 0 aliphatic carbocycles. The van der Waals surface area contributed by atoms with Crippen molar-refractivity contribution in [3.8, 4) is 11.3 Å². The second kappa shape index (κ2) is 8.25. The molecule has 0 aliphatic heterocycles. The van der Waals surface area contributed by atoms with Gasteiger partial charge in [-0.05, 0) is 35.9 Å². The maximum absolute atomic E-state index is 12.7. The lowest BCUT2D eigenvalue weighted by Crippen LogP contribution is -2.24. The Bertz CT molecular complexity index is 1390. The van der Waals surface area contributed by atoms with Gasteiger partial charge in [-0.25, -0.2) is 9.78 Å². The molecule has 4 aromatic rings. The second-order valence-electron chi connectivity index (χ2n) is 6.57. The Morgan fingerprint density at radius 2 is 1.94 bits per heavy atom. The van der Waals surface area contributed by atoms with Crippen LogP contribution in [0, 0.1) is 0 Å². The number of pyridine rings is 1. The average Bonchev–Trinajstić information content (AvgIpc) is 3.21. The van der Waals surface area contributed by atoms with Gasteiger partial charge >= 0.3 is 5.97 Å². The van der Waals surface area contributed by atoms with Crippen molar-refractivity contribution in [3.63, 3.8) is 0 Å². The molecule has 0 bridgehead atoms. The molecule has 156 valence electrons. The first-order valence-corrected chi connectivity index (χ1v) is 9.65. The lowest BCUT2D eigenvalue weighted by molar-refractivity contribution is 0.0695. The van der Waals surface area contributed by atoms with Crippen LogP contribution in [0.4, 0.5) is 0 Å². The topological polar surface area (TPSA) is 125 Å². The molecule has 2 aromatic heterocycles. The Labute approximate surface area is 184 Å². The molecule has 2 heterocycles. The molecule has 2 aromatic carbocycles. The van der Waals surface area contributed by atoms with Gasteiger partial charge in [0.2, 0.25) is 0 Å². The number of H-pyrrole nitrogens is 1. The highest BCUT2D eigenvalue weighted by atomic mass is 35.5. The van der Waals surface area contributed by atoms with E-state index < -0.39 is 23.0 Å². The highest BCUT2D eigenvalue weighted by Crippen LogP contribution is 2.26. The molecule has 4 rings (SSSR count). The summed E-state index contributed by atoms with van der Waals surface area (Å²) in [5.41, 5.74) is 0.366. The van der Waals surface area contributed by atoms with Crippen molar-refractivity contribution in [2.75, 3.05) is 0 Å². The van der Waals surface area contributed by atoms with Crippen molar-refractivity contribution >= 4 is 46.0 Å². The highest BCUT2D eigenvalue weighted by Gasteiger charge is 2.19. The Morgan fingerprint density at radius 1 is 1.13 bits per heavy atom. The number of hydrogen-bond donors (Lipinski definition) is 3. The molecule has 31 heavy (non-hydrogen) atoms. The monoisotopic (exact) mass is 457 g/mol. The quantitative estimate of drug-likeness (QED) is 0.413. The van der Waals surface area contributed by atoms with Gasteiger partial charge in [-0.3, -0.25) is 9.59 Å². The van der Waals surface area contributed by atoms with Gasteiger partial charge < -0.3 is 19.8 Å². The minimum atomic E-state index is -1.35. The van der Waals surface area contributed by atoms with E-state index in [2.05, 4.69) is 15.3 Å². The maximum Gasteiger partial charge on any atom is 0.341 e. The van der Waals surface area contributed by atoms with Crippen LogP contribution >= 0.6 is 23.2 Å². The number of hydrogen-bond acceptors (Lipinski definition) is 5. The highest BCUT2D eigenvalue weighted by molar-refractivity contribution is 6.31. The average molecular weight is 458 g/mol. The third kappa shape index (κ3) is 4.16. The number of amides is 1. The van der Waals surface area contributed by atoms with Crippen LogP contribution < -0.4 is 10.9 Å². The number of benzene rings is 2. The van der Waals surface area contributed by atoms with Crippen LogP contribution in [-0.2, 0) is 6.54 Å². The molecule has 0 saturated carbocycles.